The maximum absolute atomic E-state index is 8.79. The molecule has 0 saturated heterocycles. The van der Waals surface area contributed by atoms with Crippen molar-refractivity contribution in [3.63, 3.8) is 0 Å². The molecule has 0 aliphatic rings. The molecule has 0 amide bonds. The van der Waals surface area contributed by atoms with Crippen molar-refractivity contribution in [1.29, 1.82) is 0 Å². The molecule has 0 spiro atoms. The van der Waals surface area contributed by atoms with Crippen LogP contribution in [0.2, 0.25) is 0 Å². The summed E-state index contributed by atoms with van der Waals surface area (Å²) in [5, 5.41) is 19.5. The van der Waals surface area contributed by atoms with Crippen LogP contribution in [0.5, 0.6) is 0 Å². The average molecular weight is 287 g/mol. The molecular formula is C15H21N5O. The molecule has 6 nitrogen and oxygen atoms in total. The van der Waals surface area contributed by atoms with Crippen molar-refractivity contribution >= 4 is 5.84 Å². The Hall–Kier alpha value is -2.34. The molecule has 1 unspecified atom stereocenters. The lowest BCUT2D eigenvalue weighted by atomic mass is 10.0. The van der Waals surface area contributed by atoms with E-state index in [4.69, 9.17) is 10.9 Å². The van der Waals surface area contributed by atoms with Gasteiger partial charge in [0.05, 0.1) is 6.20 Å². The van der Waals surface area contributed by atoms with Crippen LogP contribution in [0.25, 0.3) is 0 Å². The molecule has 0 aliphatic heterocycles. The zero-order valence-corrected chi connectivity index (χ0v) is 12.3. The van der Waals surface area contributed by atoms with Crippen LogP contribution in [0.4, 0.5) is 0 Å². The van der Waals surface area contributed by atoms with Gasteiger partial charge in [0, 0.05) is 37.3 Å². The summed E-state index contributed by atoms with van der Waals surface area (Å²) in [4.78, 5) is 0. The Morgan fingerprint density at radius 1 is 1.43 bits per heavy atom. The van der Waals surface area contributed by atoms with Gasteiger partial charge in [-0.25, -0.2) is 0 Å². The third kappa shape index (κ3) is 3.82. The fourth-order valence-corrected chi connectivity index (χ4v) is 2.19. The smallest absolute Gasteiger partial charge is 0.141 e. The minimum absolute atomic E-state index is 0.0123. The molecule has 0 aliphatic carbocycles. The Morgan fingerprint density at radius 3 is 2.71 bits per heavy atom. The molecule has 1 heterocycles. The summed E-state index contributed by atoms with van der Waals surface area (Å²) in [5.41, 5.74) is 9.02. The van der Waals surface area contributed by atoms with Crippen LogP contribution in [-0.2, 0) is 13.6 Å². The monoisotopic (exact) mass is 287 g/mol. The topological polar surface area (TPSA) is 88.5 Å². The highest BCUT2D eigenvalue weighted by molar-refractivity contribution is 5.80. The van der Waals surface area contributed by atoms with Gasteiger partial charge in [0.1, 0.15) is 5.84 Å². The number of nitrogens with zero attached hydrogens (tertiary/aromatic N) is 3. The van der Waals surface area contributed by atoms with E-state index in [9.17, 15) is 0 Å². The number of hydrogen-bond acceptors (Lipinski definition) is 4. The molecule has 21 heavy (non-hydrogen) atoms. The second-order valence-corrected chi connectivity index (χ2v) is 5.02. The third-order valence-corrected chi connectivity index (χ3v) is 3.62. The average Bonchev–Trinajstić information content (AvgIpc) is 2.83. The number of aromatic nitrogens is 2. The zero-order chi connectivity index (χ0) is 15.2. The first-order valence-electron chi connectivity index (χ1n) is 6.84. The lowest BCUT2D eigenvalue weighted by Gasteiger charge is -2.18. The highest BCUT2D eigenvalue weighted by Gasteiger charge is 2.14. The fraction of sp³-hybridized carbons (Fsp3) is 0.333. The van der Waals surface area contributed by atoms with Crippen molar-refractivity contribution in [2.24, 2.45) is 17.9 Å². The van der Waals surface area contributed by atoms with Gasteiger partial charge in [-0.15, -0.1) is 0 Å². The Kier molecular flexibility index (Phi) is 4.94. The Labute approximate surface area is 124 Å². The molecule has 6 heteroatoms. The first-order valence-corrected chi connectivity index (χ1v) is 6.84. The highest BCUT2D eigenvalue weighted by atomic mass is 16.4. The van der Waals surface area contributed by atoms with Crippen molar-refractivity contribution < 1.29 is 5.21 Å². The summed E-state index contributed by atoms with van der Waals surface area (Å²) in [7, 11) is 1.92. The van der Waals surface area contributed by atoms with Crippen molar-refractivity contribution in [2.75, 3.05) is 0 Å². The summed E-state index contributed by atoms with van der Waals surface area (Å²) in [5.74, 6) is 0.208. The second-order valence-electron chi connectivity index (χ2n) is 5.02. The van der Waals surface area contributed by atoms with Gasteiger partial charge in [0.2, 0.25) is 0 Å². The normalized spacial score (nSPS) is 13.3. The van der Waals surface area contributed by atoms with Crippen LogP contribution in [0.15, 0.2) is 41.7 Å². The van der Waals surface area contributed by atoms with Gasteiger partial charge < -0.3 is 16.3 Å². The SMILES string of the molecule is Cc1c(CNC(C/C(N)=N/O)c2ccccc2)cnn1C. The molecule has 0 bridgehead atoms. The van der Waals surface area contributed by atoms with Gasteiger partial charge in [-0.05, 0) is 12.5 Å². The van der Waals surface area contributed by atoms with Crippen LogP contribution < -0.4 is 11.1 Å². The van der Waals surface area contributed by atoms with E-state index in [-0.39, 0.29) is 11.9 Å². The molecule has 1 aromatic heterocycles. The molecule has 0 saturated carbocycles. The van der Waals surface area contributed by atoms with E-state index in [1.807, 2.05) is 55.2 Å². The molecule has 2 aromatic rings. The maximum atomic E-state index is 8.79. The fourth-order valence-electron chi connectivity index (χ4n) is 2.19. The summed E-state index contributed by atoms with van der Waals surface area (Å²) in [6.45, 7) is 2.71. The number of nitrogens with one attached hydrogen (secondary N) is 1. The second kappa shape index (κ2) is 6.90. The zero-order valence-electron chi connectivity index (χ0n) is 12.3. The molecule has 2 rings (SSSR count). The Balaban J connectivity index is 2.11. The Morgan fingerprint density at radius 2 is 2.14 bits per heavy atom. The van der Waals surface area contributed by atoms with Gasteiger partial charge in [-0.2, -0.15) is 5.10 Å². The van der Waals surface area contributed by atoms with Crippen LogP contribution in [0.1, 0.15) is 29.3 Å². The van der Waals surface area contributed by atoms with E-state index in [0.29, 0.717) is 13.0 Å². The minimum atomic E-state index is -0.0123. The number of nitrogens with two attached hydrogens (primary N) is 1. The van der Waals surface area contributed by atoms with Crippen LogP contribution in [-0.4, -0.2) is 20.8 Å². The lowest BCUT2D eigenvalue weighted by molar-refractivity contribution is 0.315. The largest absolute Gasteiger partial charge is 0.409 e. The summed E-state index contributed by atoms with van der Waals surface area (Å²) < 4.78 is 1.85. The summed E-state index contributed by atoms with van der Waals surface area (Å²) in [6, 6.07) is 9.96. The summed E-state index contributed by atoms with van der Waals surface area (Å²) >= 11 is 0. The quantitative estimate of drug-likeness (QED) is 0.326. The first kappa shape index (κ1) is 15.1. The lowest BCUT2D eigenvalue weighted by Crippen LogP contribution is -2.26. The predicted octanol–water partition coefficient (Wildman–Crippen LogP) is 1.70. The van der Waals surface area contributed by atoms with Gasteiger partial charge in [-0.3, -0.25) is 4.68 Å². The van der Waals surface area contributed by atoms with Crippen molar-refractivity contribution in [3.8, 4) is 0 Å². The molecule has 0 fully saturated rings. The molecular weight excluding hydrogens is 266 g/mol. The van der Waals surface area contributed by atoms with Crippen LogP contribution in [0, 0.1) is 6.92 Å². The van der Waals surface area contributed by atoms with Crippen molar-refractivity contribution in [1.82, 2.24) is 15.1 Å². The van der Waals surface area contributed by atoms with E-state index >= 15 is 0 Å². The van der Waals surface area contributed by atoms with E-state index in [0.717, 1.165) is 16.8 Å². The third-order valence-electron chi connectivity index (χ3n) is 3.62. The number of benzene rings is 1. The molecule has 112 valence electrons. The number of aryl methyl sites for hydroxylation is 1. The summed E-state index contributed by atoms with van der Waals surface area (Å²) in [6.07, 6.45) is 2.30. The van der Waals surface area contributed by atoms with Gasteiger partial charge in [0.25, 0.3) is 0 Å². The van der Waals surface area contributed by atoms with Crippen molar-refractivity contribution in [2.45, 2.75) is 25.9 Å². The molecule has 1 aromatic carbocycles. The highest BCUT2D eigenvalue weighted by Crippen LogP contribution is 2.18. The van der Waals surface area contributed by atoms with E-state index in [2.05, 4.69) is 15.6 Å². The number of hydrogen-bond donors (Lipinski definition) is 3. The van der Waals surface area contributed by atoms with Crippen molar-refractivity contribution in [3.05, 3.63) is 53.3 Å². The van der Waals surface area contributed by atoms with Gasteiger partial charge in [0.15, 0.2) is 0 Å². The molecule has 1 atom stereocenters. The van der Waals surface area contributed by atoms with Crippen LogP contribution >= 0.6 is 0 Å². The number of rotatable bonds is 6. The van der Waals surface area contributed by atoms with Gasteiger partial charge in [-0.1, -0.05) is 35.5 Å². The van der Waals surface area contributed by atoms with E-state index < -0.39 is 0 Å². The van der Waals surface area contributed by atoms with Gasteiger partial charge >= 0.3 is 0 Å². The first-order chi connectivity index (χ1) is 10.1. The number of amidine groups is 1. The molecule has 0 radical (unpaired) electrons. The number of oxime groups is 1. The van der Waals surface area contributed by atoms with Crippen LogP contribution in [0.3, 0.4) is 0 Å². The standard InChI is InChI=1S/C15H21N5O/c1-11-13(10-18-20(11)2)9-17-14(8-15(16)19-21)12-6-4-3-5-7-12/h3-7,10,14,17,21H,8-9H2,1-2H3,(H2,16,19). The van der Waals surface area contributed by atoms with E-state index in [1.54, 1.807) is 0 Å². The maximum Gasteiger partial charge on any atom is 0.141 e. The minimum Gasteiger partial charge on any atom is -0.409 e. The van der Waals surface area contributed by atoms with E-state index in [1.165, 1.54) is 0 Å². The molecule has 4 N–H and O–H groups in total. The predicted molar refractivity (Wildman–Crippen MR) is 82.0 cm³/mol. The Bertz CT molecular complexity index is 606.